The number of esters is 1. The van der Waals surface area contributed by atoms with Crippen molar-refractivity contribution < 1.29 is 14.3 Å². The molecular weight excluding hydrogens is 377 g/mol. The molecule has 0 aliphatic rings. The fourth-order valence-corrected chi connectivity index (χ4v) is 2.53. The molecule has 0 spiro atoms. The zero-order chi connectivity index (χ0) is 18.9. The second-order valence-corrected chi connectivity index (χ2v) is 6.28. The second kappa shape index (κ2) is 9.99. The molecule has 8 heteroatoms. The molecule has 0 atom stereocenters. The Hall–Kier alpha value is -2.31. The van der Waals surface area contributed by atoms with Crippen LogP contribution >= 0.6 is 23.2 Å². The van der Waals surface area contributed by atoms with Crippen molar-refractivity contribution in [3.05, 3.63) is 52.1 Å². The summed E-state index contributed by atoms with van der Waals surface area (Å²) in [5.74, 6) is -0.986. The van der Waals surface area contributed by atoms with E-state index in [1.807, 2.05) is 6.07 Å². The van der Waals surface area contributed by atoms with E-state index < -0.39 is 18.5 Å². The van der Waals surface area contributed by atoms with Crippen molar-refractivity contribution in [1.29, 1.82) is 0 Å². The van der Waals surface area contributed by atoms with Crippen molar-refractivity contribution >= 4 is 46.6 Å². The number of benzene rings is 1. The summed E-state index contributed by atoms with van der Waals surface area (Å²) in [4.78, 5) is 28.1. The number of carbonyl (C=O) groups excluding carboxylic acids is 2. The van der Waals surface area contributed by atoms with Crippen LogP contribution < -0.4 is 10.6 Å². The molecule has 1 aromatic carbocycles. The van der Waals surface area contributed by atoms with E-state index in [1.165, 1.54) is 12.3 Å². The lowest BCUT2D eigenvalue weighted by Crippen LogP contribution is -2.22. The van der Waals surface area contributed by atoms with Gasteiger partial charge in [0.25, 0.3) is 5.91 Å². The number of hydrogen-bond acceptors (Lipinski definition) is 5. The smallest absolute Gasteiger partial charge is 0.340 e. The van der Waals surface area contributed by atoms with Crippen molar-refractivity contribution in [3.8, 4) is 0 Å². The molecule has 1 amide bonds. The molecule has 0 bridgehead atoms. The highest BCUT2D eigenvalue weighted by molar-refractivity contribution is 6.36. The first kappa shape index (κ1) is 20.0. The van der Waals surface area contributed by atoms with Crippen LogP contribution in [0.2, 0.25) is 10.0 Å². The number of nitrogens with zero attached hydrogens (tertiary/aromatic N) is 1. The van der Waals surface area contributed by atoms with E-state index in [0.717, 1.165) is 19.4 Å². The molecule has 6 nitrogen and oxygen atoms in total. The van der Waals surface area contributed by atoms with Crippen LogP contribution in [0.3, 0.4) is 0 Å². The van der Waals surface area contributed by atoms with Gasteiger partial charge in [-0.3, -0.25) is 4.79 Å². The summed E-state index contributed by atoms with van der Waals surface area (Å²) < 4.78 is 5.08. The third-order valence-electron chi connectivity index (χ3n) is 3.39. The van der Waals surface area contributed by atoms with E-state index in [9.17, 15) is 9.59 Å². The molecule has 2 aromatic rings. The van der Waals surface area contributed by atoms with Crippen LogP contribution in [0.4, 0.5) is 11.5 Å². The lowest BCUT2D eigenvalue weighted by atomic mass is 10.1. The van der Waals surface area contributed by atoms with Gasteiger partial charge in [-0.1, -0.05) is 48.7 Å². The summed E-state index contributed by atoms with van der Waals surface area (Å²) in [6.07, 6.45) is 3.38. The molecule has 2 N–H and O–H groups in total. The lowest BCUT2D eigenvalue weighted by Gasteiger charge is -2.11. The first-order chi connectivity index (χ1) is 12.5. The summed E-state index contributed by atoms with van der Waals surface area (Å²) in [7, 11) is 0. The number of nitrogens with one attached hydrogen (secondary N) is 2. The summed E-state index contributed by atoms with van der Waals surface area (Å²) in [5.41, 5.74) is 1.05. The van der Waals surface area contributed by atoms with E-state index in [2.05, 4.69) is 22.5 Å². The Bertz CT molecular complexity index is 784. The van der Waals surface area contributed by atoms with Gasteiger partial charge in [0.05, 0.1) is 15.6 Å². The molecule has 2 rings (SSSR count). The SMILES string of the molecule is CCCCNc1ccccc1C(=O)OCC(=O)Nc1ncc(Cl)cc1Cl. The van der Waals surface area contributed by atoms with E-state index in [0.29, 0.717) is 16.3 Å². The van der Waals surface area contributed by atoms with Gasteiger partial charge in [-0.2, -0.15) is 0 Å². The number of rotatable bonds is 8. The van der Waals surface area contributed by atoms with Gasteiger partial charge in [-0.15, -0.1) is 0 Å². The summed E-state index contributed by atoms with van der Waals surface area (Å²) >= 11 is 11.7. The molecule has 1 heterocycles. The third kappa shape index (κ3) is 5.89. The van der Waals surface area contributed by atoms with E-state index in [1.54, 1.807) is 18.2 Å². The predicted octanol–water partition coefficient (Wildman–Crippen LogP) is 4.40. The number of anilines is 2. The molecule has 0 radical (unpaired) electrons. The van der Waals surface area contributed by atoms with Gasteiger partial charge >= 0.3 is 5.97 Å². The Morgan fingerprint density at radius 3 is 2.73 bits per heavy atom. The van der Waals surface area contributed by atoms with Crippen LogP contribution in [0.15, 0.2) is 36.5 Å². The number of ether oxygens (including phenoxy) is 1. The van der Waals surface area contributed by atoms with Gasteiger partial charge in [-0.05, 0) is 24.6 Å². The molecule has 0 saturated carbocycles. The maximum Gasteiger partial charge on any atom is 0.340 e. The molecule has 0 aliphatic carbocycles. The number of pyridine rings is 1. The molecule has 0 saturated heterocycles. The molecule has 0 unspecified atom stereocenters. The Morgan fingerprint density at radius 1 is 1.23 bits per heavy atom. The van der Waals surface area contributed by atoms with Gasteiger partial charge in [0, 0.05) is 18.4 Å². The van der Waals surface area contributed by atoms with E-state index in [4.69, 9.17) is 27.9 Å². The minimum absolute atomic E-state index is 0.152. The Balaban J connectivity index is 1.92. The first-order valence-corrected chi connectivity index (χ1v) is 8.87. The number of hydrogen-bond donors (Lipinski definition) is 2. The maximum atomic E-state index is 12.3. The van der Waals surface area contributed by atoms with E-state index >= 15 is 0 Å². The van der Waals surface area contributed by atoms with Crippen molar-refractivity contribution in [1.82, 2.24) is 4.98 Å². The zero-order valence-corrected chi connectivity index (χ0v) is 15.7. The zero-order valence-electron chi connectivity index (χ0n) is 14.2. The number of para-hydroxylation sites is 1. The first-order valence-electron chi connectivity index (χ1n) is 8.12. The number of amides is 1. The third-order valence-corrected chi connectivity index (χ3v) is 3.89. The fraction of sp³-hybridized carbons (Fsp3) is 0.278. The highest BCUT2D eigenvalue weighted by atomic mass is 35.5. The van der Waals surface area contributed by atoms with Crippen LogP contribution in [0, 0.1) is 0 Å². The van der Waals surface area contributed by atoms with Gasteiger partial charge < -0.3 is 15.4 Å². The monoisotopic (exact) mass is 395 g/mol. The fourth-order valence-electron chi connectivity index (χ4n) is 2.10. The second-order valence-electron chi connectivity index (χ2n) is 5.43. The molecular formula is C18H19Cl2N3O3. The van der Waals surface area contributed by atoms with Gasteiger partial charge in [0.15, 0.2) is 12.4 Å². The van der Waals surface area contributed by atoms with Crippen molar-refractivity contribution in [2.75, 3.05) is 23.8 Å². The van der Waals surface area contributed by atoms with Crippen molar-refractivity contribution in [2.45, 2.75) is 19.8 Å². The standard InChI is InChI=1S/C18H19Cl2N3O3/c1-2-3-8-21-15-7-5-4-6-13(15)18(25)26-11-16(24)23-17-14(20)9-12(19)10-22-17/h4-7,9-10,21H,2-3,8,11H2,1H3,(H,22,23,24). The molecule has 138 valence electrons. The topological polar surface area (TPSA) is 80.3 Å². The minimum atomic E-state index is -0.588. The van der Waals surface area contributed by atoms with Crippen molar-refractivity contribution in [3.63, 3.8) is 0 Å². The van der Waals surface area contributed by atoms with Gasteiger partial charge in [-0.25, -0.2) is 9.78 Å². The predicted molar refractivity (Wildman–Crippen MR) is 103 cm³/mol. The van der Waals surface area contributed by atoms with Crippen LogP contribution in [0.1, 0.15) is 30.1 Å². The largest absolute Gasteiger partial charge is 0.452 e. The highest BCUT2D eigenvalue weighted by Crippen LogP contribution is 2.22. The average Bonchev–Trinajstić information content (AvgIpc) is 2.63. The average molecular weight is 396 g/mol. The molecule has 0 aliphatic heterocycles. The molecule has 0 fully saturated rings. The normalized spacial score (nSPS) is 10.3. The summed E-state index contributed by atoms with van der Waals surface area (Å²) in [6.45, 7) is 2.38. The minimum Gasteiger partial charge on any atom is -0.452 e. The number of aromatic nitrogens is 1. The van der Waals surface area contributed by atoms with E-state index in [-0.39, 0.29) is 10.8 Å². The summed E-state index contributed by atoms with van der Waals surface area (Å²) in [6, 6.07) is 8.46. The summed E-state index contributed by atoms with van der Waals surface area (Å²) in [5, 5.41) is 6.21. The maximum absolute atomic E-state index is 12.3. The Kier molecular flexibility index (Phi) is 7.69. The van der Waals surface area contributed by atoms with Crippen LogP contribution in [0.5, 0.6) is 0 Å². The van der Waals surface area contributed by atoms with Gasteiger partial charge in [0.1, 0.15) is 0 Å². The molecule has 26 heavy (non-hydrogen) atoms. The number of unbranched alkanes of at least 4 members (excludes halogenated alkanes) is 1. The van der Waals surface area contributed by atoms with Crippen molar-refractivity contribution in [2.24, 2.45) is 0 Å². The Labute approximate surface area is 161 Å². The quantitative estimate of drug-likeness (QED) is 0.511. The van der Waals surface area contributed by atoms with Crippen LogP contribution in [0.25, 0.3) is 0 Å². The Morgan fingerprint density at radius 2 is 2.00 bits per heavy atom. The molecule has 1 aromatic heterocycles. The highest BCUT2D eigenvalue weighted by Gasteiger charge is 2.15. The number of halogens is 2. The van der Waals surface area contributed by atoms with Crippen LogP contribution in [-0.4, -0.2) is 30.0 Å². The lowest BCUT2D eigenvalue weighted by molar-refractivity contribution is -0.119. The number of carbonyl (C=O) groups is 2. The van der Waals surface area contributed by atoms with Crippen LogP contribution in [-0.2, 0) is 9.53 Å². The van der Waals surface area contributed by atoms with Gasteiger partial charge in [0.2, 0.25) is 0 Å².